The second-order valence-electron chi connectivity index (χ2n) is 3.28. The molecule has 0 bridgehead atoms. The molecule has 0 amide bonds. The molecule has 4 nitrogen and oxygen atoms in total. The Kier molecular flexibility index (Phi) is 2.69. The molecule has 0 aliphatic heterocycles. The predicted molar refractivity (Wildman–Crippen MR) is 41.1 cm³/mol. The van der Waals surface area contributed by atoms with Crippen LogP contribution in [0.15, 0.2) is 0 Å². The van der Waals surface area contributed by atoms with Crippen molar-refractivity contribution >= 4 is 5.97 Å². The molecule has 1 fully saturated rings. The Morgan fingerprint density at radius 1 is 1.42 bits per heavy atom. The van der Waals surface area contributed by atoms with Crippen LogP contribution in [0.5, 0.6) is 0 Å². The van der Waals surface area contributed by atoms with E-state index in [-0.39, 0.29) is 24.7 Å². The maximum Gasteiger partial charge on any atom is 0.308 e. The number of hydrogen-bond donors (Lipinski definition) is 2. The van der Waals surface area contributed by atoms with E-state index in [4.69, 9.17) is 10.2 Å². The fourth-order valence-corrected chi connectivity index (χ4v) is 1.48. The van der Waals surface area contributed by atoms with E-state index in [9.17, 15) is 4.79 Å². The molecule has 0 heterocycles. The zero-order chi connectivity index (χ0) is 9.19. The summed E-state index contributed by atoms with van der Waals surface area (Å²) in [5.74, 6) is -1.96. The number of rotatable bonds is 1. The van der Waals surface area contributed by atoms with E-state index < -0.39 is 5.79 Å². The van der Waals surface area contributed by atoms with E-state index in [1.807, 2.05) is 0 Å². The standard InChI is InChI=1S/C8H14O4/c1-12-7(9)6-2-4-8(10,11)5-3-6/h6,10-11H,2-5H2,1H3. The quantitative estimate of drug-likeness (QED) is 0.435. The molecule has 0 spiro atoms. The van der Waals surface area contributed by atoms with Crippen LogP contribution in [0.1, 0.15) is 25.7 Å². The van der Waals surface area contributed by atoms with E-state index in [1.54, 1.807) is 0 Å². The number of esters is 1. The van der Waals surface area contributed by atoms with Crippen LogP contribution in [0.2, 0.25) is 0 Å². The minimum Gasteiger partial charge on any atom is -0.469 e. The summed E-state index contributed by atoms with van der Waals surface area (Å²) in [6, 6.07) is 0. The Balaban J connectivity index is 2.41. The van der Waals surface area contributed by atoms with E-state index in [1.165, 1.54) is 7.11 Å². The highest BCUT2D eigenvalue weighted by molar-refractivity contribution is 5.72. The van der Waals surface area contributed by atoms with Crippen molar-refractivity contribution in [2.45, 2.75) is 31.5 Å². The van der Waals surface area contributed by atoms with Gasteiger partial charge in [-0.3, -0.25) is 4.79 Å². The number of hydrogen-bond acceptors (Lipinski definition) is 4. The third-order valence-corrected chi connectivity index (χ3v) is 2.32. The lowest BCUT2D eigenvalue weighted by Crippen LogP contribution is -2.35. The molecule has 0 unspecified atom stereocenters. The molecule has 1 aliphatic rings. The maximum absolute atomic E-state index is 11.0. The molecular formula is C8H14O4. The molecule has 1 rings (SSSR count). The van der Waals surface area contributed by atoms with Gasteiger partial charge in [-0.15, -0.1) is 0 Å². The minimum absolute atomic E-state index is 0.151. The first kappa shape index (κ1) is 9.48. The van der Waals surface area contributed by atoms with Gasteiger partial charge in [0.25, 0.3) is 0 Å². The zero-order valence-corrected chi connectivity index (χ0v) is 7.12. The van der Waals surface area contributed by atoms with E-state index >= 15 is 0 Å². The van der Waals surface area contributed by atoms with Gasteiger partial charge in [0.1, 0.15) is 0 Å². The molecule has 0 radical (unpaired) electrons. The molecule has 0 atom stereocenters. The summed E-state index contributed by atoms with van der Waals surface area (Å²) in [5, 5.41) is 18.3. The number of carbonyl (C=O) groups is 1. The highest BCUT2D eigenvalue weighted by Gasteiger charge is 2.34. The van der Waals surface area contributed by atoms with Crippen molar-refractivity contribution in [1.82, 2.24) is 0 Å². The number of methoxy groups -OCH3 is 1. The fraction of sp³-hybridized carbons (Fsp3) is 0.875. The second kappa shape index (κ2) is 3.41. The van der Waals surface area contributed by atoms with Crippen molar-refractivity contribution in [1.29, 1.82) is 0 Å². The number of aliphatic hydroxyl groups is 2. The summed E-state index contributed by atoms with van der Waals surface area (Å²) < 4.78 is 4.56. The van der Waals surface area contributed by atoms with Gasteiger partial charge in [-0.05, 0) is 12.8 Å². The first-order valence-corrected chi connectivity index (χ1v) is 4.08. The highest BCUT2D eigenvalue weighted by Crippen LogP contribution is 2.30. The van der Waals surface area contributed by atoms with Crippen molar-refractivity contribution in [2.24, 2.45) is 5.92 Å². The van der Waals surface area contributed by atoms with Gasteiger partial charge in [0.05, 0.1) is 13.0 Å². The topological polar surface area (TPSA) is 66.8 Å². The third-order valence-electron chi connectivity index (χ3n) is 2.32. The molecule has 0 aromatic heterocycles. The van der Waals surface area contributed by atoms with Crippen LogP contribution in [0, 0.1) is 5.92 Å². The summed E-state index contributed by atoms with van der Waals surface area (Å²) in [7, 11) is 1.35. The lowest BCUT2D eigenvalue weighted by Gasteiger charge is -2.30. The van der Waals surface area contributed by atoms with E-state index in [0.717, 1.165) is 0 Å². The monoisotopic (exact) mass is 174 g/mol. The van der Waals surface area contributed by atoms with Gasteiger partial charge in [-0.25, -0.2) is 0 Å². The van der Waals surface area contributed by atoms with Crippen LogP contribution < -0.4 is 0 Å². The number of ether oxygens (including phenoxy) is 1. The highest BCUT2D eigenvalue weighted by atomic mass is 16.5. The molecule has 1 saturated carbocycles. The minimum atomic E-state index is -1.56. The lowest BCUT2D eigenvalue weighted by atomic mass is 9.85. The molecule has 1 aliphatic carbocycles. The van der Waals surface area contributed by atoms with Gasteiger partial charge in [-0.2, -0.15) is 0 Å². The van der Waals surface area contributed by atoms with Gasteiger partial charge in [0, 0.05) is 12.8 Å². The molecule has 12 heavy (non-hydrogen) atoms. The van der Waals surface area contributed by atoms with E-state index in [2.05, 4.69) is 4.74 Å². The first-order valence-electron chi connectivity index (χ1n) is 4.08. The summed E-state index contributed by atoms with van der Waals surface area (Å²) in [6.07, 6.45) is 1.51. The van der Waals surface area contributed by atoms with Crippen LogP contribution in [0.4, 0.5) is 0 Å². The summed E-state index contributed by atoms with van der Waals surface area (Å²) in [5.41, 5.74) is 0. The maximum atomic E-state index is 11.0. The molecule has 2 N–H and O–H groups in total. The van der Waals surface area contributed by atoms with Crippen LogP contribution in [0.25, 0.3) is 0 Å². The molecule has 4 heteroatoms. The second-order valence-corrected chi connectivity index (χ2v) is 3.28. The average molecular weight is 174 g/mol. The van der Waals surface area contributed by atoms with Crippen molar-refractivity contribution < 1.29 is 19.7 Å². The Bertz CT molecular complexity index is 166. The van der Waals surface area contributed by atoms with Crippen molar-refractivity contribution in [3.63, 3.8) is 0 Å². The molecule has 0 aromatic carbocycles. The van der Waals surface area contributed by atoms with Crippen LogP contribution in [-0.4, -0.2) is 29.1 Å². The Labute approximate surface area is 71.2 Å². The van der Waals surface area contributed by atoms with Crippen molar-refractivity contribution in [3.05, 3.63) is 0 Å². The summed E-state index contributed by atoms with van der Waals surface area (Å²) in [6.45, 7) is 0. The smallest absolute Gasteiger partial charge is 0.308 e. The predicted octanol–water partition coefficient (Wildman–Crippen LogP) is 0.0305. The SMILES string of the molecule is COC(=O)C1CCC(O)(O)CC1. The van der Waals surface area contributed by atoms with Gasteiger partial charge in [-0.1, -0.05) is 0 Å². The van der Waals surface area contributed by atoms with Crippen LogP contribution >= 0.6 is 0 Å². The van der Waals surface area contributed by atoms with E-state index in [0.29, 0.717) is 12.8 Å². The van der Waals surface area contributed by atoms with Crippen LogP contribution in [0.3, 0.4) is 0 Å². The summed E-state index contributed by atoms with van der Waals surface area (Å²) >= 11 is 0. The van der Waals surface area contributed by atoms with Crippen molar-refractivity contribution in [3.8, 4) is 0 Å². The molecule has 0 saturated heterocycles. The zero-order valence-electron chi connectivity index (χ0n) is 7.12. The molecule has 70 valence electrons. The molecular weight excluding hydrogens is 160 g/mol. The molecule has 0 aromatic rings. The van der Waals surface area contributed by atoms with Gasteiger partial charge in [0.15, 0.2) is 5.79 Å². The van der Waals surface area contributed by atoms with Gasteiger partial charge >= 0.3 is 5.97 Å². The first-order chi connectivity index (χ1) is 5.55. The summed E-state index contributed by atoms with van der Waals surface area (Å²) in [4.78, 5) is 11.0. The van der Waals surface area contributed by atoms with Crippen molar-refractivity contribution in [2.75, 3.05) is 7.11 Å². The third kappa shape index (κ3) is 2.19. The average Bonchev–Trinajstić information content (AvgIpc) is 2.03. The fourth-order valence-electron chi connectivity index (χ4n) is 1.48. The Morgan fingerprint density at radius 2 is 1.92 bits per heavy atom. The Morgan fingerprint density at radius 3 is 2.33 bits per heavy atom. The number of carbonyl (C=O) groups excluding carboxylic acids is 1. The van der Waals surface area contributed by atoms with Gasteiger partial charge in [0.2, 0.25) is 0 Å². The normalized spacial score (nSPS) is 23.6. The Hall–Kier alpha value is -0.610. The largest absolute Gasteiger partial charge is 0.469 e. The van der Waals surface area contributed by atoms with Crippen LogP contribution in [-0.2, 0) is 9.53 Å². The van der Waals surface area contributed by atoms with Gasteiger partial charge < -0.3 is 14.9 Å². The lowest BCUT2D eigenvalue weighted by molar-refractivity contribution is -0.190.